The van der Waals surface area contributed by atoms with E-state index in [9.17, 15) is 5.11 Å². The van der Waals surface area contributed by atoms with Crippen LogP contribution in [0, 0.1) is 0 Å². The first-order valence-corrected chi connectivity index (χ1v) is 7.48. The van der Waals surface area contributed by atoms with E-state index in [-0.39, 0.29) is 0 Å². The number of rotatable bonds is 5. The summed E-state index contributed by atoms with van der Waals surface area (Å²) in [4.78, 5) is 4.54. The van der Waals surface area contributed by atoms with E-state index in [0.29, 0.717) is 23.9 Å². The minimum absolute atomic E-state index is 0.598. The first-order valence-electron chi connectivity index (χ1n) is 7.48. The van der Waals surface area contributed by atoms with Crippen LogP contribution in [0.1, 0.15) is 24.4 Å². The molecule has 3 aromatic rings. The lowest BCUT2D eigenvalue weighted by Gasteiger charge is -2.13. The average molecular weight is 312 g/mol. The summed E-state index contributed by atoms with van der Waals surface area (Å²) in [6, 6.07) is 13.7. The number of para-hydroxylation sites is 2. The summed E-state index contributed by atoms with van der Waals surface area (Å²) in [6.45, 7) is 2.33. The standard InChI is InChI=1S/C18H20N2O3/c1-12(21)18-19-14-6-4-5-7-15(14)20(18)11-13-8-9-16(22-2)17(10-13)23-3/h4-10,12,21H,11H2,1-3H3. The van der Waals surface area contributed by atoms with Crippen LogP contribution in [0.15, 0.2) is 42.5 Å². The van der Waals surface area contributed by atoms with Gasteiger partial charge in [-0.25, -0.2) is 4.98 Å². The Morgan fingerprint density at radius 3 is 2.52 bits per heavy atom. The second-order valence-corrected chi connectivity index (χ2v) is 5.41. The Balaban J connectivity index is 2.06. The molecule has 0 fully saturated rings. The van der Waals surface area contributed by atoms with Gasteiger partial charge in [0, 0.05) is 6.54 Å². The number of hydrogen-bond donors (Lipinski definition) is 1. The fourth-order valence-corrected chi connectivity index (χ4v) is 2.74. The Morgan fingerprint density at radius 1 is 1.09 bits per heavy atom. The topological polar surface area (TPSA) is 56.5 Å². The van der Waals surface area contributed by atoms with Crippen molar-refractivity contribution >= 4 is 11.0 Å². The van der Waals surface area contributed by atoms with Crippen LogP contribution in [0.2, 0.25) is 0 Å². The van der Waals surface area contributed by atoms with E-state index in [1.807, 2.05) is 47.0 Å². The molecule has 0 amide bonds. The van der Waals surface area contributed by atoms with Gasteiger partial charge >= 0.3 is 0 Å². The molecule has 0 aliphatic heterocycles. The lowest BCUT2D eigenvalue weighted by Crippen LogP contribution is -2.08. The molecule has 2 aromatic carbocycles. The summed E-state index contributed by atoms with van der Waals surface area (Å²) in [5, 5.41) is 10.0. The number of ether oxygens (including phenoxy) is 2. The van der Waals surface area contributed by atoms with Crippen molar-refractivity contribution in [2.24, 2.45) is 0 Å². The summed E-state index contributed by atoms with van der Waals surface area (Å²) in [5.74, 6) is 2.04. The third-order valence-electron chi connectivity index (χ3n) is 3.85. The molecular formula is C18H20N2O3. The van der Waals surface area contributed by atoms with Gasteiger partial charge in [-0.05, 0) is 36.8 Å². The lowest BCUT2D eigenvalue weighted by molar-refractivity contribution is 0.185. The Hall–Kier alpha value is -2.53. The normalized spacial score (nSPS) is 12.3. The summed E-state index contributed by atoms with van der Waals surface area (Å²) < 4.78 is 12.7. The molecule has 1 unspecified atom stereocenters. The third-order valence-corrected chi connectivity index (χ3v) is 3.85. The van der Waals surface area contributed by atoms with Crippen LogP contribution in [0.4, 0.5) is 0 Å². The van der Waals surface area contributed by atoms with Gasteiger partial charge < -0.3 is 19.1 Å². The van der Waals surface area contributed by atoms with Crippen molar-refractivity contribution in [3.8, 4) is 11.5 Å². The summed E-state index contributed by atoms with van der Waals surface area (Å²) in [5.41, 5.74) is 2.93. The van der Waals surface area contributed by atoms with Crippen LogP contribution >= 0.6 is 0 Å². The molecule has 1 heterocycles. The van der Waals surface area contributed by atoms with Crippen molar-refractivity contribution < 1.29 is 14.6 Å². The average Bonchev–Trinajstić information content (AvgIpc) is 2.94. The van der Waals surface area contributed by atoms with Crippen LogP contribution in [0.3, 0.4) is 0 Å². The maximum absolute atomic E-state index is 10.0. The van der Waals surface area contributed by atoms with Gasteiger partial charge in [0.05, 0.1) is 25.3 Å². The molecule has 0 saturated carbocycles. The zero-order valence-corrected chi connectivity index (χ0v) is 13.5. The highest BCUT2D eigenvalue weighted by molar-refractivity contribution is 5.76. The predicted octanol–water partition coefficient (Wildman–Crippen LogP) is 3.16. The van der Waals surface area contributed by atoms with E-state index in [2.05, 4.69) is 4.98 Å². The van der Waals surface area contributed by atoms with Gasteiger partial charge in [-0.15, -0.1) is 0 Å². The maximum atomic E-state index is 10.0. The van der Waals surface area contributed by atoms with Crippen molar-refractivity contribution in [2.75, 3.05) is 14.2 Å². The summed E-state index contributed by atoms with van der Waals surface area (Å²) >= 11 is 0. The summed E-state index contributed by atoms with van der Waals surface area (Å²) in [6.07, 6.45) is -0.637. The lowest BCUT2D eigenvalue weighted by atomic mass is 10.2. The molecular weight excluding hydrogens is 292 g/mol. The molecule has 1 aromatic heterocycles. The van der Waals surface area contributed by atoms with Crippen molar-refractivity contribution in [1.82, 2.24) is 9.55 Å². The Bertz CT molecular complexity index is 824. The van der Waals surface area contributed by atoms with Gasteiger partial charge in [-0.3, -0.25) is 0 Å². The minimum atomic E-state index is -0.637. The van der Waals surface area contributed by atoms with Gasteiger partial charge in [0.25, 0.3) is 0 Å². The van der Waals surface area contributed by atoms with E-state index in [4.69, 9.17) is 9.47 Å². The number of fused-ring (bicyclic) bond motifs is 1. The van der Waals surface area contributed by atoms with Crippen LogP contribution in [0.5, 0.6) is 11.5 Å². The van der Waals surface area contributed by atoms with E-state index in [1.165, 1.54) is 0 Å². The molecule has 0 aliphatic rings. The fourth-order valence-electron chi connectivity index (χ4n) is 2.74. The number of hydrogen-bond acceptors (Lipinski definition) is 4. The molecule has 120 valence electrons. The van der Waals surface area contributed by atoms with Crippen molar-refractivity contribution in [2.45, 2.75) is 19.6 Å². The Morgan fingerprint density at radius 2 is 1.83 bits per heavy atom. The fraction of sp³-hybridized carbons (Fsp3) is 0.278. The molecule has 0 saturated heterocycles. The van der Waals surface area contributed by atoms with Crippen LogP contribution < -0.4 is 9.47 Å². The second-order valence-electron chi connectivity index (χ2n) is 5.41. The molecule has 0 bridgehead atoms. The number of aromatic nitrogens is 2. The largest absolute Gasteiger partial charge is 0.493 e. The van der Waals surface area contributed by atoms with Crippen molar-refractivity contribution in [1.29, 1.82) is 0 Å². The van der Waals surface area contributed by atoms with E-state index in [0.717, 1.165) is 16.6 Å². The molecule has 0 spiro atoms. The third kappa shape index (κ3) is 2.87. The molecule has 0 radical (unpaired) electrons. The highest BCUT2D eigenvalue weighted by atomic mass is 16.5. The Kier molecular flexibility index (Phi) is 4.21. The zero-order valence-electron chi connectivity index (χ0n) is 13.5. The van der Waals surface area contributed by atoms with Gasteiger partial charge in [-0.1, -0.05) is 18.2 Å². The van der Waals surface area contributed by atoms with Gasteiger partial charge in [0.15, 0.2) is 11.5 Å². The number of aliphatic hydroxyl groups excluding tert-OH is 1. The van der Waals surface area contributed by atoms with Crippen LogP contribution in [-0.4, -0.2) is 28.9 Å². The second kappa shape index (κ2) is 6.30. The SMILES string of the molecule is COc1ccc(Cn2c(C(C)O)nc3ccccc32)cc1OC. The highest BCUT2D eigenvalue weighted by Crippen LogP contribution is 2.29. The van der Waals surface area contributed by atoms with Crippen molar-refractivity contribution in [3.63, 3.8) is 0 Å². The molecule has 5 nitrogen and oxygen atoms in total. The number of methoxy groups -OCH3 is 2. The zero-order chi connectivity index (χ0) is 16.4. The van der Waals surface area contributed by atoms with E-state index >= 15 is 0 Å². The summed E-state index contributed by atoms with van der Waals surface area (Å²) in [7, 11) is 3.24. The Labute approximate surface area is 135 Å². The monoisotopic (exact) mass is 312 g/mol. The number of aliphatic hydroxyl groups is 1. The van der Waals surface area contributed by atoms with Crippen LogP contribution in [-0.2, 0) is 6.54 Å². The van der Waals surface area contributed by atoms with Gasteiger partial charge in [0.2, 0.25) is 0 Å². The molecule has 1 atom stereocenters. The molecule has 1 N–H and O–H groups in total. The number of imidazole rings is 1. The molecule has 3 rings (SSSR count). The molecule has 0 aliphatic carbocycles. The van der Waals surface area contributed by atoms with Crippen LogP contribution in [0.25, 0.3) is 11.0 Å². The van der Waals surface area contributed by atoms with Gasteiger partial charge in [-0.2, -0.15) is 0 Å². The maximum Gasteiger partial charge on any atom is 0.161 e. The highest BCUT2D eigenvalue weighted by Gasteiger charge is 2.15. The van der Waals surface area contributed by atoms with Crippen molar-refractivity contribution in [3.05, 3.63) is 53.9 Å². The smallest absolute Gasteiger partial charge is 0.161 e. The van der Waals surface area contributed by atoms with E-state index < -0.39 is 6.10 Å². The van der Waals surface area contributed by atoms with E-state index in [1.54, 1.807) is 21.1 Å². The molecule has 23 heavy (non-hydrogen) atoms. The first kappa shape index (κ1) is 15.4. The number of benzene rings is 2. The minimum Gasteiger partial charge on any atom is -0.493 e. The molecule has 5 heteroatoms. The first-order chi connectivity index (χ1) is 11.1. The predicted molar refractivity (Wildman–Crippen MR) is 89.0 cm³/mol. The van der Waals surface area contributed by atoms with Gasteiger partial charge in [0.1, 0.15) is 11.9 Å². The number of nitrogens with zero attached hydrogens (tertiary/aromatic N) is 2. The quantitative estimate of drug-likeness (QED) is 0.786.